The standard InChI is InChI=1S/C20H20O3/c1-14(13-15(2)21)18(19(22)16-9-5-3-6-10-16)20(23)17-11-7-4-8-12-17/h3-12,14,18H,13H2,1-2H3. The van der Waals surface area contributed by atoms with Gasteiger partial charge in [-0.25, -0.2) is 0 Å². The molecule has 0 aliphatic rings. The lowest BCUT2D eigenvalue weighted by atomic mass is 9.79. The summed E-state index contributed by atoms with van der Waals surface area (Å²) in [6.45, 7) is 3.27. The fourth-order valence-electron chi connectivity index (χ4n) is 2.77. The zero-order valence-electron chi connectivity index (χ0n) is 13.4. The van der Waals surface area contributed by atoms with E-state index >= 15 is 0 Å². The van der Waals surface area contributed by atoms with Crippen molar-refractivity contribution in [3.8, 4) is 0 Å². The van der Waals surface area contributed by atoms with Crippen LogP contribution in [0.25, 0.3) is 0 Å². The molecular weight excluding hydrogens is 288 g/mol. The van der Waals surface area contributed by atoms with Crippen LogP contribution in [0.3, 0.4) is 0 Å². The van der Waals surface area contributed by atoms with Crippen molar-refractivity contribution in [2.75, 3.05) is 0 Å². The van der Waals surface area contributed by atoms with Gasteiger partial charge in [-0.2, -0.15) is 0 Å². The number of carbonyl (C=O) groups is 3. The molecule has 0 radical (unpaired) electrons. The molecule has 2 aromatic carbocycles. The molecule has 23 heavy (non-hydrogen) atoms. The maximum atomic E-state index is 12.9. The van der Waals surface area contributed by atoms with E-state index in [0.29, 0.717) is 11.1 Å². The van der Waals surface area contributed by atoms with E-state index in [1.54, 1.807) is 55.5 Å². The van der Waals surface area contributed by atoms with Crippen LogP contribution in [0.15, 0.2) is 60.7 Å². The Hall–Kier alpha value is -2.55. The van der Waals surface area contributed by atoms with Crippen molar-refractivity contribution in [3.63, 3.8) is 0 Å². The molecule has 2 rings (SSSR count). The highest BCUT2D eigenvalue weighted by molar-refractivity contribution is 6.16. The van der Waals surface area contributed by atoms with E-state index in [0.717, 1.165) is 0 Å². The minimum absolute atomic E-state index is 0.0239. The van der Waals surface area contributed by atoms with Crippen molar-refractivity contribution in [2.24, 2.45) is 11.8 Å². The molecule has 0 saturated carbocycles. The fourth-order valence-corrected chi connectivity index (χ4v) is 2.77. The fraction of sp³-hybridized carbons (Fsp3) is 0.250. The summed E-state index contributed by atoms with van der Waals surface area (Å²) in [6, 6.07) is 17.5. The Balaban J connectivity index is 2.37. The molecule has 2 aromatic rings. The molecule has 0 N–H and O–H groups in total. The number of benzene rings is 2. The van der Waals surface area contributed by atoms with Gasteiger partial charge in [0.25, 0.3) is 0 Å². The molecule has 3 nitrogen and oxygen atoms in total. The van der Waals surface area contributed by atoms with E-state index in [1.165, 1.54) is 6.92 Å². The smallest absolute Gasteiger partial charge is 0.173 e. The predicted molar refractivity (Wildman–Crippen MR) is 89.5 cm³/mol. The van der Waals surface area contributed by atoms with Gasteiger partial charge in [0.2, 0.25) is 0 Å². The summed E-state index contributed by atoms with van der Waals surface area (Å²) in [7, 11) is 0. The lowest BCUT2D eigenvalue weighted by molar-refractivity contribution is -0.117. The van der Waals surface area contributed by atoms with Crippen LogP contribution in [0, 0.1) is 11.8 Å². The Labute approximate surface area is 136 Å². The summed E-state index contributed by atoms with van der Waals surface area (Å²) in [6.07, 6.45) is 0.210. The van der Waals surface area contributed by atoms with Crippen molar-refractivity contribution in [1.82, 2.24) is 0 Å². The first-order valence-electron chi connectivity index (χ1n) is 7.68. The van der Waals surface area contributed by atoms with Crippen molar-refractivity contribution < 1.29 is 14.4 Å². The van der Waals surface area contributed by atoms with Gasteiger partial charge in [0.1, 0.15) is 5.78 Å². The summed E-state index contributed by atoms with van der Waals surface area (Å²) in [5.74, 6) is -1.66. The minimum atomic E-state index is -0.844. The second-order valence-corrected chi connectivity index (χ2v) is 5.82. The molecule has 0 aromatic heterocycles. The Morgan fingerprint density at radius 2 is 1.17 bits per heavy atom. The number of Topliss-reactive ketones (excluding diaryl/α,β-unsaturated/α-hetero) is 3. The summed E-state index contributed by atoms with van der Waals surface area (Å²) in [4.78, 5) is 37.2. The molecule has 1 unspecified atom stereocenters. The van der Waals surface area contributed by atoms with Gasteiger partial charge in [-0.1, -0.05) is 67.6 Å². The molecule has 3 heteroatoms. The first-order chi connectivity index (χ1) is 11.0. The Morgan fingerprint density at radius 3 is 1.52 bits per heavy atom. The van der Waals surface area contributed by atoms with E-state index in [1.807, 2.05) is 12.1 Å². The number of carbonyl (C=O) groups excluding carboxylic acids is 3. The van der Waals surface area contributed by atoms with Crippen LogP contribution in [0.4, 0.5) is 0 Å². The van der Waals surface area contributed by atoms with Crippen LogP contribution in [0.1, 0.15) is 41.0 Å². The van der Waals surface area contributed by atoms with E-state index < -0.39 is 5.92 Å². The zero-order valence-corrected chi connectivity index (χ0v) is 13.4. The lowest BCUT2D eigenvalue weighted by Crippen LogP contribution is -2.31. The maximum Gasteiger partial charge on any atom is 0.173 e. The Morgan fingerprint density at radius 1 is 0.783 bits per heavy atom. The van der Waals surface area contributed by atoms with Gasteiger partial charge in [0.05, 0.1) is 5.92 Å². The minimum Gasteiger partial charge on any atom is -0.300 e. The number of rotatable bonds is 7. The summed E-state index contributed by atoms with van der Waals surface area (Å²) < 4.78 is 0. The van der Waals surface area contributed by atoms with Crippen LogP contribution in [0.2, 0.25) is 0 Å². The van der Waals surface area contributed by atoms with Gasteiger partial charge in [0, 0.05) is 17.5 Å². The Kier molecular flexibility index (Phi) is 5.58. The number of ketones is 3. The van der Waals surface area contributed by atoms with Crippen molar-refractivity contribution in [2.45, 2.75) is 20.3 Å². The maximum absolute atomic E-state index is 12.9. The van der Waals surface area contributed by atoms with Gasteiger partial charge in [-0.05, 0) is 12.8 Å². The lowest BCUT2D eigenvalue weighted by Gasteiger charge is -2.21. The normalized spacial score (nSPS) is 12.0. The summed E-state index contributed by atoms with van der Waals surface area (Å²) in [5.41, 5.74) is 0.995. The first-order valence-corrected chi connectivity index (χ1v) is 7.68. The second-order valence-electron chi connectivity index (χ2n) is 5.82. The third-order valence-electron chi connectivity index (χ3n) is 3.86. The summed E-state index contributed by atoms with van der Waals surface area (Å²) >= 11 is 0. The molecule has 0 spiro atoms. The van der Waals surface area contributed by atoms with Gasteiger partial charge >= 0.3 is 0 Å². The van der Waals surface area contributed by atoms with Crippen LogP contribution in [-0.2, 0) is 4.79 Å². The van der Waals surface area contributed by atoms with Gasteiger partial charge < -0.3 is 4.79 Å². The van der Waals surface area contributed by atoms with Crippen molar-refractivity contribution >= 4 is 17.3 Å². The topological polar surface area (TPSA) is 51.2 Å². The number of hydrogen-bond acceptors (Lipinski definition) is 3. The molecule has 0 amide bonds. The largest absolute Gasteiger partial charge is 0.300 e. The Bertz CT molecular complexity index is 638. The van der Waals surface area contributed by atoms with E-state index in [2.05, 4.69) is 0 Å². The van der Waals surface area contributed by atoms with E-state index in [9.17, 15) is 14.4 Å². The highest BCUT2D eigenvalue weighted by Gasteiger charge is 2.33. The zero-order chi connectivity index (χ0) is 16.8. The van der Waals surface area contributed by atoms with E-state index in [4.69, 9.17) is 0 Å². The van der Waals surface area contributed by atoms with Crippen LogP contribution in [-0.4, -0.2) is 17.3 Å². The predicted octanol–water partition coefficient (Wildman–Crippen LogP) is 3.98. The van der Waals surface area contributed by atoms with Crippen LogP contribution in [0.5, 0.6) is 0 Å². The SMILES string of the molecule is CC(=O)CC(C)C(C(=O)c1ccccc1)C(=O)c1ccccc1. The van der Waals surface area contributed by atoms with Gasteiger partial charge in [-0.3, -0.25) is 9.59 Å². The second kappa shape index (κ2) is 7.63. The first kappa shape index (κ1) is 16.8. The molecule has 1 atom stereocenters. The van der Waals surface area contributed by atoms with Crippen LogP contribution >= 0.6 is 0 Å². The number of hydrogen-bond donors (Lipinski definition) is 0. The van der Waals surface area contributed by atoms with Crippen molar-refractivity contribution in [1.29, 1.82) is 0 Å². The van der Waals surface area contributed by atoms with Crippen molar-refractivity contribution in [3.05, 3.63) is 71.8 Å². The summed E-state index contributed by atoms with van der Waals surface area (Å²) in [5, 5.41) is 0. The highest BCUT2D eigenvalue weighted by atomic mass is 16.2. The molecule has 0 aliphatic carbocycles. The molecule has 0 heterocycles. The monoisotopic (exact) mass is 308 g/mol. The average Bonchev–Trinajstić information content (AvgIpc) is 2.55. The quantitative estimate of drug-likeness (QED) is 0.574. The highest BCUT2D eigenvalue weighted by Crippen LogP contribution is 2.25. The molecule has 0 aliphatic heterocycles. The molecule has 0 saturated heterocycles. The molecule has 0 fully saturated rings. The van der Waals surface area contributed by atoms with Gasteiger partial charge in [0.15, 0.2) is 11.6 Å². The van der Waals surface area contributed by atoms with Crippen LogP contribution < -0.4 is 0 Å². The third-order valence-corrected chi connectivity index (χ3v) is 3.86. The molecule has 118 valence electrons. The molecular formula is C20H20O3. The third kappa shape index (κ3) is 4.22. The van der Waals surface area contributed by atoms with E-state index in [-0.39, 0.29) is 29.7 Å². The molecule has 0 bridgehead atoms. The van der Waals surface area contributed by atoms with Gasteiger partial charge in [-0.15, -0.1) is 0 Å². The average molecular weight is 308 g/mol.